The Hall–Kier alpha value is -1.11. The smallest absolute Gasteiger partial charge is 0.152 e. The van der Waals surface area contributed by atoms with Gasteiger partial charge in [0.25, 0.3) is 0 Å². The lowest BCUT2D eigenvalue weighted by molar-refractivity contribution is 0.125. The molecule has 3 atom stereocenters. The minimum atomic E-state index is -3.22. The van der Waals surface area contributed by atoms with E-state index in [9.17, 15) is 8.42 Å². The Morgan fingerprint density at radius 2 is 1.90 bits per heavy atom. The summed E-state index contributed by atoms with van der Waals surface area (Å²) in [5.41, 5.74) is 6.35. The monoisotopic (exact) mass is 299 g/mol. The zero-order chi connectivity index (χ0) is 15.0. The molecule has 0 spiro atoms. The van der Waals surface area contributed by atoms with Crippen LogP contribution in [0.3, 0.4) is 0 Å². The lowest BCUT2D eigenvalue weighted by atomic mass is 10.1. The molecule has 0 bridgehead atoms. The summed E-state index contributed by atoms with van der Waals surface area (Å²) in [7, 11) is -1.63. The molecule has 0 unspecified atom stereocenters. The van der Waals surface area contributed by atoms with Crippen molar-refractivity contribution >= 4 is 9.84 Å². The third-order valence-corrected chi connectivity index (χ3v) is 5.43. The van der Waals surface area contributed by atoms with Crippen LogP contribution < -0.4 is 10.5 Å². The molecule has 0 saturated heterocycles. The van der Waals surface area contributed by atoms with Crippen molar-refractivity contribution in [1.82, 2.24) is 0 Å². The minimum Gasteiger partial charge on any atom is -0.497 e. The number of ether oxygens (including phenoxy) is 2. The standard InChI is InChI=1S/C14H21NO4S/c1-4-19-9-14(15)12(13(14)20(3,16)17)10-5-7-11(18-2)8-6-10/h5-8,12-13H,4,9,15H2,1-3H3/t12-,13-,14-/m0/s1. The van der Waals surface area contributed by atoms with E-state index in [0.717, 1.165) is 11.3 Å². The van der Waals surface area contributed by atoms with Gasteiger partial charge in [-0.1, -0.05) is 12.1 Å². The van der Waals surface area contributed by atoms with Crippen molar-refractivity contribution in [3.63, 3.8) is 0 Å². The summed E-state index contributed by atoms with van der Waals surface area (Å²) in [6.45, 7) is 2.63. The maximum absolute atomic E-state index is 11.9. The average Bonchev–Trinajstić information content (AvgIpc) is 3.03. The molecular formula is C14H21NO4S. The van der Waals surface area contributed by atoms with Crippen molar-refractivity contribution in [3.8, 4) is 5.75 Å². The highest BCUT2D eigenvalue weighted by Crippen LogP contribution is 2.54. The van der Waals surface area contributed by atoms with Gasteiger partial charge in [0.05, 0.1) is 24.5 Å². The molecule has 0 aliphatic heterocycles. The van der Waals surface area contributed by atoms with E-state index in [1.165, 1.54) is 6.26 Å². The number of hydrogen-bond donors (Lipinski definition) is 1. The molecule has 0 amide bonds. The molecule has 1 fully saturated rings. The molecule has 1 saturated carbocycles. The number of benzene rings is 1. The second kappa shape index (κ2) is 5.35. The van der Waals surface area contributed by atoms with E-state index in [1.807, 2.05) is 31.2 Å². The predicted molar refractivity (Wildman–Crippen MR) is 77.8 cm³/mol. The van der Waals surface area contributed by atoms with Crippen LogP contribution in [0.2, 0.25) is 0 Å². The van der Waals surface area contributed by atoms with E-state index in [-0.39, 0.29) is 12.5 Å². The van der Waals surface area contributed by atoms with Crippen molar-refractivity contribution in [3.05, 3.63) is 29.8 Å². The first-order chi connectivity index (χ1) is 9.34. The van der Waals surface area contributed by atoms with Gasteiger partial charge in [-0.2, -0.15) is 0 Å². The fourth-order valence-electron chi connectivity index (χ4n) is 2.82. The fourth-order valence-corrected chi connectivity index (χ4v) is 4.65. The molecule has 5 nitrogen and oxygen atoms in total. The normalized spacial score (nSPS) is 29.2. The Kier molecular flexibility index (Phi) is 4.09. The van der Waals surface area contributed by atoms with Crippen LogP contribution in [0.5, 0.6) is 5.75 Å². The van der Waals surface area contributed by atoms with Crippen LogP contribution in [-0.4, -0.2) is 45.8 Å². The van der Waals surface area contributed by atoms with Crippen LogP contribution in [0, 0.1) is 0 Å². The summed E-state index contributed by atoms with van der Waals surface area (Å²) in [4.78, 5) is 0. The highest BCUT2D eigenvalue weighted by Gasteiger charge is 2.68. The van der Waals surface area contributed by atoms with Crippen molar-refractivity contribution in [2.75, 3.05) is 26.6 Å². The van der Waals surface area contributed by atoms with E-state index in [0.29, 0.717) is 6.61 Å². The third kappa shape index (κ3) is 2.68. The minimum absolute atomic E-state index is 0.227. The lowest BCUT2D eigenvalue weighted by Crippen LogP contribution is -2.36. The average molecular weight is 299 g/mol. The van der Waals surface area contributed by atoms with Crippen molar-refractivity contribution in [2.24, 2.45) is 5.73 Å². The van der Waals surface area contributed by atoms with Crippen LogP contribution in [0.4, 0.5) is 0 Å². The highest BCUT2D eigenvalue weighted by atomic mass is 32.2. The Balaban J connectivity index is 2.28. The van der Waals surface area contributed by atoms with Gasteiger partial charge < -0.3 is 15.2 Å². The second-order valence-electron chi connectivity index (χ2n) is 5.25. The molecule has 112 valence electrons. The first-order valence-electron chi connectivity index (χ1n) is 6.54. The van der Waals surface area contributed by atoms with Gasteiger partial charge in [-0.25, -0.2) is 8.42 Å². The van der Waals surface area contributed by atoms with Crippen molar-refractivity contribution in [1.29, 1.82) is 0 Å². The summed E-state index contributed by atoms with van der Waals surface area (Å²) < 4.78 is 34.3. The van der Waals surface area contributed by atoms with E-state index in [4.69, 9.17) is 15.2 Å². The lowest BCUT2D eigenvalue weighted by Gasteiger charge is -2.11. The Morgan fingerprint density at radius 1 is 1.30 bits per heavy atom. The number of nitrogens with two attached hydrogens (primary N) is 1. The molecule has 0 aromatic heterocycles. The molecule has 1 aromatic carbocycles. The van der Waals surface area contributed by atoms with Crippen LogP contribution in [0.15, 0.2) is 24.3 Å². The fraction of sp³-hybridized carbons (Fsp3) is 0.571. The third-order valence-electron chi connectivity index (χ3n) is 3.79. The Labute approximate surface area is 120 Å². The van der Waals surface area contributed by atoms with Gasteiger partial charge in [0.15, 0.2) is 9.84 Å². The summed E-state index contributed by atoms with van der Waals surface area (Å²) in [6, 6.07) is 7.35. The first kappa shape index (κ1) is 15.3. The molecule has 1 aliphatic rings. The highest BCUT2D eigenvalue weighted by molar-refractivity contribution is 7.91. The molecular weight excluding hydrogens is 278 g/mol. The van der Waals surface area contributed by atoms with Gasteiger partial charge in [-0.05, 0) is 24.6 Å². The van der Waals surface area contributed by atoms with Crippen molar-refractivity contribution < 1.29 is 17.9 Å². The van der Waals surface area contributed by atoms with Crippen LogP contribution in [0.1, 0.15) is 18.4 Å². The van der Waals surface area contributed by atoms with E-state index in [1.54, 1.807) is 7.11 Å². The Morgan fingerprint density at radius 3 is 2.35 bits per heavy atom. The Bertz CT molecular complexity index is 569. The summed E-state index contributed by atoms with van der Waals surface area (Å²) in [6.07, 6.45) is 1.23. The largest absolute Gasteiger partial charge is 0.497 e. The molecule has 1 aromatic rings. The van der Waals surface area contributed by atoms with Crippen molar-refractivity contribution in [2.45, 2.75) is 23.6 Å². The molecule has 0 heterocycles. The maximum Gasteiger partial charge on any atom is 0.152 e. The second-order valence-corrected chi connectivity index (χ2v) is 7.42. The molecule has 2 rings (SSSR count). The quantitative estimate of drug-likeness (QED) is 0.845. The van der Waals surface area contributed by atoms with Crippen LogP contribution in [0.25, 0.3) is 0 Å². The van der Waals surface area contributed by atoms with E-state index in [2.05, 4.69) is 0 Å². The molecule has 20 heavy (non-hydrogen) atoms. The van der Waals surface area contributed by atoms with E-state index >= 15 is 0 Å². The zero-order valence-electron chi connectivity index (χ0n) is 12.0. The van der Waals surface area contributed by atoms with Gasteiger partial charge in [0.1, 0.15) is 5.75 Å². The van der Waals surface area contributed by atoms with Crippen LogP contribution in [-0.2, 0) is 14.6 Å². The molecule has 6 heteroatoms. The number of methoxy groups -OCH3 is 1. The van der Waals surface area contributed by atoms with E-state index < -0.39 is 20.6 Å². The molecule has 2 N–H and O–H groups in total. The maximum atomic E-state index is 11.9. The van der Waals surface area contributed by atoms with Gasteiger partial charge in [0, 0.05) is 18.8 Å². The predicted octanol–water partition coefficient (Wildman–Crippen LogP) is 0.940. The van der Waals surface area contributed by atoms with Gasteiger partial charge in [-0.15, -0.1) is 0 Å². The summed E-state index contributed by atoms with van der Waals surface area (Å²) >= 11 is 0. The number of rotatable bonds is 6. The topological polar surface area (TPSA) is 78.6 Å². The first-order valence-corrected chi connectivity index (χ1v) is 8.49. The van der Waals surface area contributed by atoms with Gasteiger partial charge in [0.2, 0.25) is 0 Å². The summed E-state index contributed by atoms with van der Waals surface area (Å²) in [5, 5.41) is -0.588. The SMILES string of the molecule is CCOC[C@]1(N)[C@@H](c2ccc(OC)cc2)[C@@H]1S(C)(=O)=O. The zero-order valence-corrected chi connectivity index (χ0v) is 12.8. The number of sulfone groups is 1. The molecule has 0 radical (unpaired) electrons. The summed E-state index contributed by atoms with van der Waals surface area (Å²) in [5.74, 6) is 0.507. The van der Waals surface area contributed by atoms with Crippen LogP contribution >= 0.6 is 0 Å². The molecule has 1 aliphatic carbocycles. The van der Waals surface area contributed by atoms with Gasteiger partial charge in [-0.3, -0.25) is 0 Å². The van der Waals surface area contributed by atoms with Gasteiger partial charge >= 0.3 is 0 Å². The number of hydrogen-bond acceptors (Lipinski definition) is 5.